The number of benzene rings is 28. The monoisotopic (exact) mass is 1890 g/mol. The molecule has 32 aromatic rings. The Morgan fingerprint density at radius 2 is 0.304 bits per heavy atom. The number of hydrogen-bond donors (Lipinski definition) is 0. The van der Waals surface area contributed by atoms with E-state index in [4.69, 9.17) is 25.9 Å². The van der Waals surface area contributed by atoms with Gasteiger partial charge in [0.05, 0.1) is 8.22 Å². The average molecular weight is 1890 g/mol. The number of furan rings is 4. The topological polar surface area (TPSA) is 52.6 Å². The summed E-state index contributed by atoms with van der Waals surface area (Å²) in [5.41, 5.74) is 24.1. The lowest BCUT2D eigenvalue weighted by Gasteiger charge is -2.18. The summed E-state index contributed by atoms with van der Waals surface area (Å²) >= 11 is 0. The Kier molecular flexibility index (Phi) is 18.8. The Morgan fingerprint density at radius 3 is 0.568 bits per heavy atom. The molecule has 0 unspecified atom stereocenters. The van der Waals surface area contributed by atoms with Gasteiger partial charge in [0.15, 0.2) is 0 Å². The van der Waals surface area contributed by atoms with Crippen LogP contribution in [0.25, 0.3) is 306 Å². The third kappa shape index (κ3) is 14.1. The zero-order valence-electron chi connectivity index (χ0n) is 86.0. The Hall–Kier alpha value is -19.5. The lowest BCUT2D eigenvalue weighted by Crippen LogP contribution is -1.91. The van der Waals surface area contributed by atoms with Gasteiger partial charge in [0, 0.05) is 43.1 Å². The van der Waals surface area contributed by atoms with Crippen LogP contribution in [0, 0.1) is 0 Å². The molecule has 0 bridgehead atoms. The first-order chi connectivity index (χ1) is 75.9. The van der Waals surface area contributed by atoms with Crippen LogP contribution in [0.15, 0.2) is 551 Å². The molecule has 0 aliphatic heterocycles. The van der Waals surface area contributed by atoms with Crippen molar-refractivity contribution in [1.29, 1.82) is 0 Å². The number of hydrogen-bond acceptors (Lipinski definition) is 4. The van der Waals surface area contributed by atoms with Crippen molar-refractivity contribution in [2.45, 2.75) is 0 Å². The second-order valence-corrected chi connectivity index (χ2v) is 38.2. The molecule has 0 saturated heterocycles. The van der Waals surface area contributed by atoms with Crippen molar-refractivity contribution in [3.63, 3.8) is 0 Å². The molecule has 0 aliphatic rings. The van der Waals surface area contributed by atoms with E-state index in [9.17, 15) is 0 Å². The first-order valence-electron chi connectivity index (χ1n) is 53.3. The minimum Gasteiger partial charge on any atom is -0.456 e. The molecule has 4 nitrogen and oxygen atoms in total. The Balaban J connectivity index is 0.0000000956. The van der Waals surface area contributed by atoms with Crippen molar-refractivity contribution in [2.24, 2.45) is 0 Å². The lowest BCUT2D eigenvalue weighted by atomic mass is 9.85. The van der Waals surface area contributed by atoms with Gasteiger partial charge in [0.1, 0.15) is 44.7 Å². The molecule has 28 aromatic carbocycles. The average Bonchev–Trinajstić information content (AvgIpc) is 0.809. The maximum absolute atomic E-state index is 9.11. The highest BCUT2D eigenvalue weighted by Crippen LogP contribution is 2.55. The van der Waals surface area contributed by atoms with Gasteiger partial charge in [-0.2, -0.15) is 0 Å². The predicted molar refractivity (Wildman–Crippen MR) is 628 cm³/mol. The van der Waals surface area contributed by atoms with Crippen LogP contribution in [0.4, 0.5) is 0 Å². The van der Waals surface area contributed by atoms with Crippen molar-refractivity contribution < 1.29 is 25.9 Å². The fourth-order valence-electron chi connectivity index (χ4n) is 23.7. The SMILES string of the molecule is [2H]c1ccc2c(-c3ccccc3)c3ccccc3c(-c3cccc4oc5cc6ccccc6cc5c34)c2c1.[2H]c1cccc2c(-c3cccc4oc5cc6ccccc6cc5c34)c3c([2H])cccc3c(-c3ccccc3)c12.[2H]c1cccc2c(-c3cccc4oc5cc6ccccc6cc5c34)c3c([2H])cccc3c(-c3ccccc3)c12.[2H]c1cccc2c(-c3cccc4oc5cc6ccccc6cc5c34)c3ccccc3c(-c3ccccc3)c12. The van der Waals surface area contributed by atoms with Crippen LogP contribution in [0.5, 0.6) is 0 Å². The Morgan fingerprint density at radius 1 is 0.122 bits per heavy atom. The molecular formula is C144H88O4. The van der Waals surface area contributed by atoms with E-state index >= 15 is 0 Å². The highest BCUT2D eigenvalue weighted by Gasteiger charge is 2.28. The minimum absolute atomic E-state index is 0.465. The summed E-state index contributed by atoms with van der Waals surface area (Å²) in [6, 6.07) is 173. The van der Waals surface area contributed by atoms with Gasteiger partial charge >= 0.3 is 0 Å². The van der Waals surface area contributed by atoms with Gasteiger partial charge in [0.2, 0.25) is 0 Å². The maximum atomic E-state index is 9.11. The van der Waals surface area contributed by atoms with Crippen LogP contribution in [-0.4, -0.2) is 0 Å². The van der Waals surface area contributed by atoms with Crippen molar-refractivity contribution in [3.8, 4) is 89.0 Å². The molecule has 688 valence electrons. The molecular weight excluding hydrogens is 1790 g/mol. The molecule has 0 saturated carbocycles. The highest BCUT2D eigenvalue weighted by molar-refractivity contribution is 6.32. The fraction of sp³-hybridized carbons (Fsp3) is 0. The van der Waals surface area contributed by atoms with Crippen LogP contribution >= 0.6 is 0 Å². The molecule has 0 radical (unpaired) electrons. The summed E-state index contributed by atoms with van der Waals surface area (Å²) in [5, 5.41) is 34.4. The fourth-order valence-corrected chi connectivity index (χ4v) is 23.7. The molecule has 148 heavy (non-hydrogen) atoms. The van der Waals surface area contributed by atoms with Gasteiger partial charge in [-0.05, 0) is 291 Å². The van der Waals surface area contributed by atoms with Gasteiger partial charge in [-0.3, -0.25) is 0 Å². The van der Waals surface area contributed by atoms with E-state index < -0.39 is 0 Å². The minimum atomic E-state index is 0.465. The zero-order chi connectivity index (χ0) is 103. The van der Waals surface area contributed by atoms with Crippen LogP contribution in [0.3, 0.4) is 0 Å². The van der Waals surface area contributed by atoms with E-state index in [-0.39, 0.29) is 0 Å². The molecule has 4 aromatic heterocycles. The normalized spacial score (nSPS) is 12.4. The van der Waals surface area contributed by atoms with E-state index in [2.05, 4.69) is 346 Å². The number of rotatable bonds is 8. The molecule has 4 heteroatoms. The van der Waals surface area contributed by atoms with E-state index in [1.165, 1.54) is 48.8 Å². The molecule has 4 heterocycles. The molecule has 0 spiro atoms. The molecule has 32 rings (SSSR count). The second-order valence-electron chi connectivity index (χ2n) is 38.2. The van der Waals surface area contributed by atoms with Crippen molar-refractivity contribution >= 4 is 217 Å². The van der Waals surface area contributed by atoms with Gasteiger partial charge in [-0.1, -0.05) is 461 Å². The van der Waals surface area contributed by atoms with Gasteiger partial charge in [-0.15, -0.1) is 0 Å². The van der Waals surface area contributed by atoms with E-state index in [1.807, 2.05) is 152 Å². The summed E-state index contributed by atoms with van der Waals surface area (Å²) in [6.07, 6.45) is 0. The van der Waals surface area contributed by atoms with Gasteiger partial charge < -0.3 is 17.7 Å². The van der Waals surface area contributed by atoms with Crippen molar-refractivity contribution in [1.82, 2.24) is 0 Å². The van der Waals surface area contributed by atoms with E-state index in [0.29, 0.717) is 36.3 Å². The summed E-state index contributed by atoms with van der Waals surface area (Å²) in [7, 11) is 0. The molecule has 0 aliphatic carbocycles. The molecule has 0 amide bonds. The summed E-state index contributed by atoms with van der Waals surface area (Å²) in [4.78, 5) is 0. The Bertz CT molecular complexity index is 10900. The summed E-state index contributed by atoms with van der Waals surface area (Å²) in [5.74, 6) is 0. The third-order valence-corrected chi connectivity index (χ3v) is 30.0. The molecule has 0 atom stereocenters. The number of fused-ring (bicyclic) bond motifs is 24. The first-order valence-corrected chi connectivity index (χ1v) is 50.3. The zero-order valence-corrected chi connectivity index (χ0v) is 80.0. The van der Waals surface area contributed by atoms with Gasteiger partial charge in [0.25, 0.3) is 0 Å². The standard InChI is InChI=1S/4C36H22O/c4*1-2-11-23(12-3-1)34-26-15-6-8-17-28(26)35(29-18-9-7-16-27(29)34)30-19-10-20-32-36(30)31-21-24-13-4-5-14-25(24)22-33(31)37-32/h4*1-22H/i2*15D,18D;15D;8D. The first kappa shape index (κ1) is 79.1. The highest BCUT2D eigenvalue weighted by atomic mass is 16.3. The predicted octanol–water partition coefficient (Wildman–Crippen LogP) is 41.5. The van der Waals surface area contributed by atoms with Crippen molar-refractivity contribution in [2.75, 3.05) is 0 Å². The van der Waals surface area contributed by atoms with Crippen LogP contribution in [0.1, 0.15) is 8.22 Å². The maximum Gasteiger partial charge on any atom is 0.136 e. The largest absolute Gasteiger partial charge is 0.456 e. The molecule has 0 fully saturated rings. The van der Waals surface area contributed by atoms with E-state index in [1.54, 1.807) is 0 Å². The lowest BCUT2D eigenvalue weighted by molar-refractivity contribution is 0.669. The van der Waals surface area contributed by atoms with E-state index in [0.717, 1.165) is 257 Å². The van der Waals surface area contributed by atoms with Crippen LogP contribution in [-0.2, 0) is 0 Å². The van der Waals surface area contributed by atoms with Crippen molar-refractivity contribution in [3.05, 3.63) is 534 Å². The Labute approximate surface area is 859 Å². The summed E-state index contributed by atoms with van der Waals surface area (Å²) < 4.78 is 79.5. The summed E-state index contributed by atoms with van der Waals surface area (Å²) in [6.45, 7) is 0. The van der Waals surface area contributed by atoms with Gasteiger partial charge in [-0.25, -0.2) is 0 Å². The van der Waals surface area contributed by atoms with Crippen LogP contribution in [0.2, 0.25) is 0 Å². The quantitative estimate of drug-likeness (QED) is 0.142. The molecule has 0 N–H and O–H groups in total. The smallest absolute Gasteiger partial charge is 0.136 e. The van der Waals surface area contributed by atoms with Crippen LogP contribution < -0.4 is 0 Å². The second kappa shape index (κ2) is 35.3. The third-order valence-electron chi connectivity index (χ3n) is 30.0.